The Morgan fingerprint density at radius 3 is 0.742 bits per heavy atom. The molecule has 6 aromatic carbocycles. The van der Waals surface area contributed by atoms with E-state index in [1.165, 1.54) is 21.6 Å². The summed E-state index contributed by atoms with van der Waals surface area (Å²) in [6, 6.07) is 59.7. The van der Waals surface area contributed by atoms with Crippen molar-refractivity contribution in [3.05, 3.63) is 215 Å². The molecule has 2 N–H and O–H groups in total. The van der Waals surface area contributed by atoms with Gasteiger partial charge in [0.2, 0.25) is 0 Å². The molecule has 0 aromatic heterocycles. The van der Waals surface area contributed by atoms with Gasteiger partial charge >= 0.3 is 0 Å². The van der Waals surface area contributed by atoms with E-state index in [0.717, 1.165) is 33.4 Å². The molecule has 2 aliphatic rings. The second kappa shape index (κ2) is 25.7. The SMILES string of the molecule is OC[C@H]1O[C@H](SS[C@H]2O[C@H](CO)[C@H](OCc3ccccc3)[C@H](OCc3ccccc3)[C@H]2OCc2ccccc2)[C@H](OCc2ccccc2)[C@@H](OCc2ccccc2)[C@H]1OCc1ccccc1. The largest absolute Gasteiger partial charge is 0.394 e. The second-order valence-electron chi connectivity index (χ2n) is 16.2. The predicted octanol–water partition coefficient (Wildman–Crippen LogP) is 9.31. The lowest BCUT2D eigenvalue weighted by Gasteiger charge is -2.47. The molecule has 6 aromatic rings. The van der Waals surface area contributed by atoms with Gasteiger partial charge in [0.05, 0.1) is 52.9 Å². The molecule has 2 aliphatic heterocycles. The van der Waals surface area contributed by atoms with E-state index in [0.29, 0.717) is 0 Å². The van der Waals surface area contributed by atoms with Crippen molar-refractivity contribution < 1.29 is 48.1 Å². The van der Waals surface area contributed by atoms with Crippen LogP contribution in [0.1, 0.15) is 33.4 Å². The lowest BCUT2D eigenvalue weighted by atomic mass is 9.99. The fourth-order valence-electron chi connectivity index (χ4n) is 8.05. The van der Waals surface area contributed by atoms with Gasteiger partial charge in [-0.25, -0.2) is 0 Å². The van der Waals surface area contributed by atoms with E-state index in [-0.39, 0.29) is 52.9 Å². The van der Waals surface area contributed by atoms with Crippen molar-refractivity contribution >= 4 is 21.6 Å². The van der Waals surface area contributed by atoms with Crippen molar-refractivity contribution in [1.29, 1.82) is 0 Å². The molecular weight excluding hydrogens is 873 g/mol. The van der Waals surface area contributed by atoms with Crippen LogP contribution in [0.2, 0.25) is 0 Å². The standard InChI is InChI=1S/C54H58O10S2/c55-31-45-47(57-33-39-19-7-1-8-20-39)49(59-35-41-23-11-3-12-24-41)51(61-37-43-27-15-5-16-28-43)53(63-45)65-66-54-52(62-38-44-29-17-6-18-30-44)50(60-36-42-25-13-4-14-26-42)48(46(32-56)64-54)58-34-40-21-9-2-10-22-40/h1-30,45-56H,31-38H2/t45-,46-,47+,48+,49+,50+,51-,52-,53-,54-/m1/s1. The van der Waals surface area contributed by atoms with Crippen LogP contribution in [0.3, 0.4) is 0 Å². The van der Waals surface area contributed by atoms with Gasteiger partial charge in [-0.3, -0.25) is 0 Å². The average molecular weight is 931 g/mol. The highest BCUT2D eigenvalue weighted by Gasteiger charge is 2.52. The van der Waals surface area contributed by atoms with Crippen molar-refractivity contribution in [3.63, 3.8) is 0 Å². The molecule has 8 rings (SSSR count). The number of hydrogen-bond donors (Lipinski definition) is 2. The van der Waals surface area contributed by atoms with Crippen LogP contribution in [0, 0.1) is 0 Å². The molecule has 12 heteroatoms. The van der Waals surface area contributed by atoms with E-state index >= 15 is 0 Å². The Morgan fingerprint density at radius 1 is 0.303 bits per heavy atom. The summed E-state index contributed by atoms with van der Waals surface area (Å²) in [5.41, 5.74) is 4.53. The Hall–Kier alpha value is -4.38. The van der Waals surface area contributed by atoms with Crippen LogP contribution in [0.15, 0.2) is 182 Å². The molecule has 0 aliphatic carbocycles. The molecule has 0 saturated carbocycles. The van der Waals surface area contributed by atoms with Gasteiger partial charge in [0.15, 0.2) is 0 Å². The first-order chi connectivity index (χ1) is 32.6. The number of ether oxygens (including phenoxy) is 8. The lowest BCUT2D eigenvalue weighted by Crippen LogP contribution is -2.61. The highest BCUT2D eigenvalue weighted by molar-refractivity contribution is 8.77. The molecule has 0 amide bonds. The monoisotopic (exact) mass is 930 g/mol. The quantitative estimate of drug-likeness (QED) is 0.0598. The van der Waals surface area contributed by atoms with Gasteiger partial charge in [0.1, 0.15) is 59.7 Å². The third kappa shape index (κ3) is 13.6. The van der Waals surface area contributed by atoms with Crippen LogP contribution in [-0.4, -0.2) is 83.1 Å². The Bertz CT molecular complexity index is 2070. The Labute approximate surface area is 395 Å². The summed E-state index contributed by atoms with van der Waals surface area (Å²) in [6.07, 6.45) is -5.58. The van der Waals surface area contributed by atoms with E-state index in [9.17, 15) is 10.2 Å². The zero-order chi connectivity index (χ0) is 45.2. The van der Waals surface area contributed by atoms with Crippen LogP contribution < -0.4 is 0 Å². The van der Waals surface area contributed by atoms with Crippen molar-refractivity contribution in [2.45, 2.75) is 99.3 Å². The van der Waals surface area contributed by atoms with Crippen LogP contribution in [0.5, 0.6) is 0 Å². The minimum Gasteiger partial charge on any atom is -0.394 e. The fraction of sp³-hybridized carbons (Fsp3) is 0.333. The summed E-state index contributed by atoms with van der Waals surface area (Å²) in [5.74, 6) is 0. The smallest absolute Gasteiger partial charge is 0.142 e. The fourth-order valence-corrected chi connectivity index (χ4v) is 10.9. The molecule has 2 heterocycles. The molecule has 0 bridgehead atoms. The third-order valence-corrected chi connectivity index (χ3v) is 14.2. The van der Waals surface area contributed by atoms with Gasteiger partial charge in [0, 0.05) is 0 Å². The maximum atomic E-state index is 11.0. The molecule has 0 radical (unpaired) electrons. The normalized spacial score (nSPS) is 25.4. The molecule has 66 heavy (non-hydrogen) atoms. The van der Waals surface area contributed by atoms with Crippen LogP contribution in [0.25, 0.3) is 0 Å². The summed E-state index contributed by atoms with van der Waals surface area (Å²) in [7, 11) is 2.83. The first kappa shape index (κ1) is 48.1. The van der Waals surface area contributed by atoms with Gasteiger partial charge in [-0.15, -0.1) is 0 Å². The van der Waals surface area contributed by atoms with E-state index in [4.69, 9.17) is 37.9 Å². The minimum atomic E-state index is -0.760. The predicted molar refractivity (Wildman–Crippen MR) is 257 cm³/mol. The van der Waals surface area contributed by atoms with Gasteiger partial charge in [-0.05, 0) is 33.4 Å². The topological polar surface area (TPSA) is 114 Å². The molecule has 0 spiro atoms. The summed E-state index contributed by atoms with van der Waals surface area (Å²) in [6.45, 7) is 1.07. The van der Waals surface area contributed by atoms with Gasteiger partial charge in [-0.2, -0.15) is 0 Å². The lowest BCUT2D eigenvalue weighted by molar-refractivity contribution is -0.252. The van der Waals surface area contributed by atoms with E-state index < -0.39 is 59.7 Å². The molecule has 346 valence electrons. The number of rotatable bonds is 23. The van der Waals surface area contributed by atoms with Gasteiger partial charge in [-0.1, -0.05) is 204 Å². The van der Waals surface area contributed by atoms with Crippen LogP contribution >= 0.6 is 21.6 Å². The molecular formula is C54H58O10S2. The molecule has 2 saturated heterocycles. The van der Waals surface area contributed by atoms with Crippen molar-refractivity contribution in [3.8, 4) is 0 Å². The second-order valence-corrected chi connectivity index (χ2v) is 18.7. The summed E-state index contributed by atoms with van der Waals surface area (Å²) in [5, 5.41) is 22.0. The molecule has 10 atom stereocenters. The molecule has 2 fully saturated rings. The Balaban J connectivity index is 1.10. The summed E-state index contributed by atoms with van der Waals surface area (Å²) in [4.78, 5) is 0. The number of aliphatic hydroxyl groups is 2. The number of benzene rings is 6. The highest BCUT2D eigenvalue weighted by Crippen LogP contribution is 2.45. The summed E-state index contributed by atoms with van der Waals surface area (Å²) < 4.78 is 54.4. The van der Waals surface area contributed by atoms with Gasteiger partial charge in [0.25, 0.3) is 0 Å². The molecule has 0 unspecified atom stereocenters. The van der Waals surface area contributed by atoms with Crippen LogP contribution in [-0.2, 0) is 77.5 Å². The maximum absolute atomic E-state index is 11.0. The summed E-state index contributed by atoms with van der Waals surface area (Å²) >= 11 is 0. The third-order valence-electron chi connectivity index (χ3n) is 11.5. The maximum Gasteiger partial charge on any atom is 0.142 e. The first-order valence-corrected chi connectivity index (χ1v) is 24.7. The average Bonchev–Trinajstić information content (AvgIpc) is 3.38. The van der Waals surface area contributed by atoms with Crippen molar-refractivity contribution in [2.24, 2.45) is 0 Å². The highest BCUT2D eigenvalue weighted by atomic mass is 33.1. The zero-order valence-electron chi connectivity index (χ0n) is 36.7. The zero-order valence-corrected chi connectivity index (χ0v) is 38.4. The molecule has 10 nitrogen and oxygen atoms in total. The van der Waals surface area contributed by atoms with E-state index in [2.05, 4.69) is 0 Å². The van der Waals surface area contributed by atoms with Crippen molar-refractivity contribution in [1.82, 2.24) is 0 Å². The van der Waals surface area contributed by atoms with Crippen molar-refractivity contribution in [2.75, 3.05) is 13.2 Å². The first-order valence-electron chi connectivity index (χ1n) is 22.4. The van der Waals surface area contributed by atoms with E-state index in [1.54, 1.807) is 0 Å². The van der Waals surface area contributed by atoms with Gasteiger partial charge < -0.3 is 48.1 Å². The Kier molecular flexibility index (Phi) is 18.7. The Morgan fingerprint density at radius 2 is 0.515 bits per heavy atom. The van der Waals surface area contributed by atoms with Crippen LogP contribution in [0.4, 0.5) is 0 Å². The number of hydrogen-bond acceptors (Lipinski definition) is 12. The minimum absolute atomic E-state index is 0.280. The van der Waals surface area contributed by atoms with E-state index in [1.807, 2.05) is 182 Å². The number of aliphatic hydroxyl groups excluding tert-OH is 2.